The number of carbonyl (C=O) groups excluding carboxylic acids is 2. The van der Waals surface area contributed by atoms with E-state index in [1.165, 1.54) is 18.6 Å². The lowest BCUT2D eigenvalue weighted by Gasteiger charge is -2.31. The molecule has 2 aromatic rings. The first kappa shape index (κ1) is 16.2. The standard InChI is InChI=1S/C17H16F2N2O3/c18-13-3-4-15(14(19)8-13)20-16(22)11-2-1-6-21(9-11)17(23)12-5-7-24-10-12/h3-5,7-8,10-11H,1-2,6,9H2,(H,20,22). The minimum atomic E-state index is -0.828. The fraction of sp³-hybridized carbons (Fsp3) is 0.294. The Morgan fingerprint density at radius 3 is 2.79 bits per heavy atom. The van der Waals surface area contributed by atoms with E-state index in [4.69, 9.17) is 4.42 Å². The predicted octanol–water partition coefficient (Wildman–Crippen LogP) is 3.05. The van der Waals surface area contributed by atoms with Crippen LogP contribution in [0.1, 0.15) is 23.2 Å². The van der Waals surface area contributed by atoms with E-state index in [0.717, 1.165) is 6.07 Å². The van der Waals surface area contributed by atoms with Gasteiger partial charge in [0, 0.05) is 19.2 Å². The topological polar surface area (TPSA) is 62.6 Å². The fourth-order valence-electron chi connectivity index (χ4n) is 2.77. The molecule has 1 atom stereocenters. The van der Waals surface area contributed by atoms with Gasteiger partial charge in [0.2, 0.25) is 5.91 Å². The van der Waals surface area contributed by atoms with Crippen molar-refractivity contribution in [1.82, 2.24) is 4.90 Å². The van der Waals surface area contributed by atoms with Gasteiger partial charge in [-0.25, -0.2) is 8.78 Å². The summed E-state index contributed by atoms with van der Waals surface area (Å²) in [5, 5.41) is 2.46. The number of piperidine rings is 1. The van der Waals surface area contributed by atoms with Crippen molar-refractivity contribution < 1.29 is 22.8 Å². The molecule has 1 aliphatic heterocycles. The monoisotopic (exact) mass is 334 g/mol. The van der Waals surface area contributed by atoms with Crippen molar-refractivity contribution in [3.63, 3.8) is 0 Å². The van der Waals surface area contributed by atoms with Crippen LogP contribution in [0.2, 0.25) is 0 Å². The molecule has 0 spiro atoms. The molecule has 1 aliphatic rings. The zero-order chi connectivity index (χ0) is 17.1. The first-order chi connectivity index (χ1) is 11.5. The third kappa shape index (κ3) is 3.45. The zero-order valence-corrected chi connectivity index (χ0v) is 12.8. The van der Waals surface area contributed by atoms with E-state index in [0.29, 0.717) is 31.0 Å². The lowest BCUT2D eigenvalue weighted by molar-refractivity contribution is -0.121. The van der Waals surface area contributed by atoms with Crippen molar-refractivity contribution >= 4 is 17.5 Å². The number of halogens is 2. The quantitative estimate of drug-likeness (QED) is 0.938. The summed E-state index contributed by atoms with van der Waals surface area (Å²) in [7, 11) is 0. The van der Waals surface area contributed by atoms with Crippen molar-refractivity contribution in [2.24, 2.45) is 5.92 Å². The highest BCUT2D eigenvalue weighted by Gasteiger charge is 2.29. The third-order valence-electron chi connectivity index (χ3n) is 4.04. The Balaban J connectivity index is 1.65. The van der Waals surface area contributed by atoms with Gasteiger partial charge in [-0.15, -0.1) is 0 Å². The van der Waals surface area contributed by atoms with Gasteiger partial charge < -0.3 is 14.6 Å². The van der Waals surface area contributed by atoms with Crippen LogP contribution in [-0.2, 0) is 4.79 Å². The van der Waals surface area contributed by atoms with Crippen molar-refractivity contribution in [2.45, 2.75) is 12.8 Å². The highest BCUT2D eigenvalue weighted by atomic mass is 19.1. The van der Waals surface area contributed by atoms with Gasteiger partial charge in [-0.05, 0) is 31.0 Å². The number of nitrogens with zero attached hydrogens (tertiary/aromatic N) is 1. The molecule has 1 saturated heterocycles. The molecular weight excluding hydrogens is 318 g/mol. The molecule has 0 aliphatic carbocycles. The zero-order valence-electron chi connectivity index (χ0n) is 12.8. The number of anilines is 1. The summed E-state index contributed by atoms with van der Waals surface area (Å²) >= 11 is 0. The van der Waals surface area contributed by atoms with E-state index < -0.39 is 17.6 Å². The van der Waals surface area contributed by atoms with Crippen LogP contribution < -0.4 is 5.32 Å². The molecular formula is C17H16F2N2O3. The van der Waals surface area contributed by atoms with Crippen LogP contribution >= 0.6 is 0 Å². The van der Waals surface area contributed by atoms with Gasteiger partial charge >= 0.3 is 0 Å². The minimum absolute atomic E-state index is 0.0697. The second-order valence-electron chi connectivity index (χ2n) is 5.72. The van der Waals surface area contributed by atoms with Crippen molar-refractivity contribution in [3.8, 4) is 0 Å². The number of carbonyl (C=O) groups is 2. The summed E-state index contributed by atoms with van der Waals surface area (Å²) in [5.74, 6) is -2.57. The number of hydrogen-bond acceptors (Lipinski definition) is 3. The Kier molecular flexibility index (Phi) is 4.59. The Bertz CT molecular complexity index is 746. The van der Waals surface area contributed by atoms with E-state index in [1.807, 2.05) is 0 Å². The molecule has 0 saturated carbocycles. The SMILES string of the molecule is O=C(Nc1ccc(F)cc1F)C1CCCN(C(=O)c2ccoc2)C1. The molecule has 1 aromatic heterocycles. The Hall–Kier alpha value is -2.70. The van der Waals surface area contributed by atoms with E-state index in [9.17, 15) is 18.4 Å². The van der Waals surface area contributed by atoms with Crippen LogP contribution in [0.15, 0.2) is 41.2 Å². The Labute approximate surface area is 137 Å². The average Bonchev–Trinajstić information content (AvgIpc) is 3.11. The average molecular weight is 334 g/mol. The molecule has 3 rings (SSSR count). The van der Waals surface area contributed by atoms with E-state index >= 15 is 0 Å². The van der Waals surface area contributed by atoms with Crippen molar-refractivity contribution in [2.75, 3.05) is 18.4 Å². The number of amides is 2. The smallest absolute Gasteiger partial charge is 0.257 e. The molecule has 1 unspecified atom stereocenters. The summed E-state index contributed by atoms with van der Waals surface area (Å²) in [5.41, 5.74) is 0.361. The molecule has 2 heterocycles. The number of likely N-dealkylation sites (tertiary alicyclic amines) is 1. The maximum atomic E-state index is 13.6. The molecule has 0 radical (unpaired) electrons. The Morgan fingerprint density at radius 1 is 1.25 bits per heavy atom. The van der Waals surface area contributed by atoms with Crippen molar-refractivity contribution in [1.29, 1.82) is 0 Å². The molecule has 2 amide bonds. The summed E-state index contributed by atoms with van der Waals surface area (Å²) in [6, 6.07) is 4.54. The van der Waals surface area contributed by atoms with Gasteiger partial charge in [-0.3, -0.25) is 9.59 Å². The second kappa shape index (κ2) is 6.82. The molecule has 126 valence electrons. The lowest BCUT2D eigenvalue weighted by Crippen LogP contribution is -2.43. The minimum Gasteiger partial charge on any atom is -0.472 e. The van der Waals surface area contributed by atoms with Gasteiger partial charge in [-0.1, -0.05) is 0 Å². The highest BCUT2D eigenvalue weighted by molar-refractivity contribution is 5.96. The van der Waals surface area contributed by atoms with E-state index in [-0.39, 0.29) is 24.0 Å². The summed E-state index contributed by atoms with van der Waals surface area (Å²) in [6.07, 6.45) is 4.05. The second-order valence-corrected chi connectivity index (χ2v) is 5.72. The number of rotatable bonds is 3. The Morgan fingerprint density at radius 2 is 2.08 bits per heavy atom. The molecule has 7 heteroatoms. The molecule has 24 heavy (non-hydrogen) atoms. The van der Waals surface area contributed by atoms with Crippen LogP contribution in [0.4, 0.5) is 14.5 Å². The maximum Gasteiger partial charge on any atom is 0.257 e. The van der Waals surface area contributed by atoms with Crippen molar-refractivity contribution in [3.05, 3.63) is 54.0 Å². The molecule has 1 fully saturated rings. The van der Waals surface area contributed by atoms with Gasteiger partial charge in [0.1, 0.15) is 17.9 Å². The molecule has 1 aromatic carbocycles. The van der Waals surface area contributed by atoms with Gasteiger partial charge in [0.25, 0.3) is 5.91 Å². The van der Waals surface area contributed by atoms with Crippen LogP contribution in [0, 0.1) is 17.6 Å². The van der Waals surface area contributed by atoms with Gasteiger partial charge in [0.15, 0.2) is 0 Å². The number of benzene rings is 1. The number of hydrogen-bond donors (Lipinski definition) is 1. The van der Waals surface area contributed by atoms with Crippen LogP contribution in [0.25, 0.3) is 0 Å². The lowest BCUT2D eigenvalue weighted by atomic mass is 9.96. The van der Waals surface area contributed by atoms with Gasteiger partial charge in [-0.2, -0.15) is 0 Å². The largest absolute Gasteiger partial charge is 0.472 e. The predicted molar refractivity (Wildman–Crippen MR) is 82.3 cm³/mol. The molecule has 0 bridgehead atoms. The normalized spacial score (nSPS) is 17.6. The fourth-order valence-corrected chi connectivity index (χ4v) is 2.77. The number of nitrogens with one attached hydrogen (secondary N) is 1. The molecule has 1 N–H and O–H groups in total. The van der Waals surface area contributed by atoms with Crippen LogP contribution in [0.5, 0.6) is 0 Å². The molecule has 5 nitrogen and oxygen atoms in total. The van der Waals surface area contributed by atoms with E-state index in [2.05, 4.69) is 5.32 Å². The summed E-state index contributed by atoms with van der Waals surface area (Å²) in [4.78, 5) is 26.2. The third-order valence-corrected chi connectivity index (χ3v) is 4.04. The first-order valence-electron chi connectivity index (χ1n) is 7.62. The highest BCUT2D eigenvalue weighted by Crippen LogP contribution is 2.22. The van der Waals surface area contributed by atoms with Gasteiger partial charge in [0.05, 0.1) is 23.4 Å². The summed E-state index contributed by atoms with van der Waals surface area (Å²) in [6.45, 7) is 0.803. The maximum absolute atomic E-state index is 13.6. The number of furan rings is 1. The first-order valence-corrected chi connectivity index (χ1v) is 7.62. The summed E-state index contributed by atoms with van der Waals surface area (Å²) < 4.78 is 31.5. The van der Waals surface area contributed by atoms with E-state index in [1.54, 1.807) is 11.0 Å². The van der Waals surface area contributed by atoms with Crippen LogP contribution in [-0.4, -0.2) is 29.8 Å². The van der Waals surface area contributed by atoms with Crippen LogP contribution in [0.3, 0.4) is 0 Å².